The molecule has 0 amide bonds. The summed E-state index contributed by atoms with van der Waals surface area (Å²) in [7, 11) is -3.38. The summed E-state index contributed by atoms with van der Waals surface area (Å²) >= 11 is 0. The highest BCUT2D eigenvalue weighted by Gasteiger charge is 2.13. The van der Waals surface area contributed by atoms with Crippen LogP contribution in [0.25, 0.3) is 0 Å². The van der Waals surface area contributed by atoms with Crippen LogP contribution in [0.15, 0.2) is 12.3 Å². The van der Waals surface area contributed by atoms with Crippen molar-refractivity contribution in [1.29, 1.82) is 0 Å². The van der Waals surface area contributed by atoms with E-state index >= 15 is 0 Å². The van der Waals surface area contributed by atoms with Crippen molar-refractivity contribution < 1.29 is 12.6 Å². The highest BCUT2D eigenvalue weighted by Crippen LogP contribution is 1.93. The number of hydrogen-bond acceptors (Lipinski definition) is 5. The van der Waals surface area contributed by atoms with E-state index in [0.29, 0.717) is 6.54 Å². The van der Waals surface area contributed by atoms with Crippen molar-refractivity contribution in [2.45, 2.75) is 6.35 Å². The summed E-state index contributed by atoms with van der Waals surface area (Å²) in [6.45, 7) is 0.604. The standard InChI is InChI=1S/C5H10N2O3S/c1-11(8,9)10-5-6-3-2-4-7-5/h2-3,5-7H,4H2,1H3. The molecule has 0 aromatic carbocycles. The lowest BCUT2D eigenvalue weighted by atomic mass is 10.5. The zero-order chi connectivity index (χ0) is 8.32. The van der Waals surface area contributed by atoms with E-state index in [4.69, 9.17) is 0 Å². The third kappa shape index (κ3) is 3.35. The fraction of sp³-hybridized carbons (Fsp3) is 0.600. The number of rotatable bonds is 2. The van der Waals surface area contributed by atoms with Gasteiger partial charge in [0.15, 0.2) is 0 Å². The van der Waals surface area contributed by atoms with Gasteiger partial charge in [-0.05, 0) is 6.20 Å². The van der Waals surface area contributed by atoms with Crippen molar-refractivity contribution in [2.75, 3.05) is 12.8 Å². The van der Waals surface area contributed by atoms with E-state index in [1.165, 1.54) is 0 Å². The molecule has 11 heavy (non-hydrogen) atoms. The van der Waals surface area contributed by atoms with Gasteiger partial charge >= 0.3 is 0 Å². The molecule has 2 N–H and O–H groups in total. The smallest absolute Gasteiger partial charge is 0.267 e. The van der Waals surface area contributed by atoms with Gasteiger partial charge in [-0.15, -0.1) is 0 Å². The van der Waals surface area contributed by atoms with Crippen LogP contribution in [0.4, 0.5) is 0 Å². The topological polar surface area (TPSA) is 67.4 Å². The second-order valence-electron chi connectivity index (χ2n) is 2.16. The Kier molecular flexibility index (Phi) is 2.48. The Bertz CT molecular complexity index is 246. The van der Waals surface area contributed by atoms with Crippen LogP contribution in [0.5, 0.6) is 0 Å². The molecule has 1 aliphatic heterocycles. The van der Waals surface area contributed by atoms with Crippen LogP contribution in [0.1, 0.15) is 0 Å². The van der Waals surface area contributed by atoms with Gasteiger partial charge in [0.2, 0.25) is 6.35 Å². The molecular formula is C5H10N2O3S. The van der Waals surface area contributed by atoms with Gasteiger partial charge in [0.25, 0.3) is 10.1 Å². The summed E-state index contributed by atoms with van der Waals surface area (Å²) in [5.74, 6) is 0. The fourth-order valence-electron chi connectivity index (χ4n) is 0.685. The maximum Gasteiger partial charge on any atom is 0.267 e. The Morgan fingerprint density at radius 3 is 2.82 bits per heavy atom. The third-order valence-corrected chi connectivity index (χ3v) is 1.60. The summed E-state index contributed by atoms with van der Waals surface area (Å²) in [5.41, 5.74) is 0. The van der Waals surface area contributed by atoms with Gasteiger partial charge < -0.3 is 5.32 Å². The molecule has 0 saturated carbocycles. The van der Waals surface area contributed by atoms with Crippen molar-refractivity contribution in [3.05, 3.63) is 12.3 Å². The summed E-state index contributed by atoms with van der Waals surface area (Å²) in [6.07, 6.45) is 3.85. The van der Waals surface area contributed by atoms with Crippen LogP contribution in [0.2, 0.25) is 0 Å². The Morgan fingerprint density at radius 2 is 2.36 bits per heavy atom. The molecule has 1 unspecified atom stereocenters. The third-order valence-electron chi connectivity index (χ3n) is 1.06. The Hall–Kier alpha value is -0.590. The van der Waals surface area contributed by atoms with E-state index in [1.54, 1.807) is 6.20 Å². The largest absolute Gasteiger partial charge is 0.353 e. The lowest BCUT2D eigenvalue weighted by molar-refractivity contribution is 0.152. The van der Waals surface area contributed by atoms with Crippen molar-refractivity contribution in [3.8, 4) is 0 Å². The zero-order valence-electron chi connectivity index (χ0n) is 6.07. The minimum Gasteiger partial charge on any atom is -0.353 e. The van der Waals surface area contributed by atoms with Gasteiger partial charge in [0.05, 0.1) is 6.26 Å². The van der Waals surface area contributed by atoms with E-state index in [9.17, 15) is 8.42 Å². The van der Waals surface area contributed by atoms with Gasteiger partial charge in [-0.3, -0.25) is 5.32 Å². The van der Waals surface area contributed by atoms with Gasteiger partial charge in [-0.1, -0.05) is 6.08 Å². The fourth-order valence-corrected chi connectivity index (χ4v) is 1.16. The summed E-state index contributed by atoms with van der Waals surface area (Å²) in [6, 6.07) is 0. The van der Waals surface area contributed by atoms with Crippen molar-refractivity contribution in [1.82, 2.24) is 10.6 Å². The minimum atomic E-state index is -3.38. The van der Waals surface area contributed by atoms with E-state index < -0.39 is 16.5 Å². The highest BCUT2D eigenvalue weighted by atomic mass is 32.2. The molecule has 0 aliphatic carbocycles. The van der Waals surface area contributed by atoms with Crippen LogP contribution in [0.3, 0.4) is 0 Å². The molecule has 0 saturated heterocycles. The van der Waals surface area contributed by atoms with Crippen molar-refractivity contribution in [2.24, 2.45) is 0 Å². The Balaban J connectivity index is 2.44. The zero-order valence-corrected chi connectivity index (χ0v) is 6.89. The van der Waals surface area contributed by atoms with Crippen molar-refractivity contribution >= 4 is 10.1 Å². The molecule has 6 heteroatoms. The monoisotopic (exact) mass is 178 g/mol. The molecule has 1 heterocycles. The molecule has 64 valence electrons. The van der Waals surface area contributed by atoms with Crippen LogP contribution in [0, 0.1) is 0 Å². The first kappa shape index (κ1) is 8.51. The maximum absolute atomic E-state index is 10.6. The maximum atomic E-state index is 10.6. The average Bonchev–Trinajstić information content (AvgIpc) is 1.85. The predicted octanol–water partition coefficient (Wildman–Crippen LogP) is -1.05. The van der Waals surface area contributed by atoms with Gasteiger partial charge in [0.1, 0.15) is 0 Å². The normalized spacial score (nSPS) is 24.6. The molecular weight excluding hydrogens is 168 g/mol. The molecule has 1 atom stereocenters. The van der Waals surface area contributed by atoms with Crippen LogP contribution in [-0.4, -0.2) is 27.6 Å². The van der Waals surface area contributed by atoms with Crippen molar-refractivity contribution in [3.63, 3.8) is 0 Å². The molecule has 0 radical (unpaired) electrons. The van der Waals surface area contributed by atoms with Crippen LogP contribution in [-0.2, 0) is 14.3 Å². The molecule has 0 aromatic rings. The number of nitrogens with one attached hydrogen (secondary N) is 2. The van der Waals surface area contributed by atoms with Crippen LogP contribution < -0.4 is 10.6 Å². The van der Waals surface area contributed by atoms with Gasteiger partial charge in [0, 0.05) is 6.54 Å². The Morgan fingerprint density at radius 1 is 1.64 bits per heavy atom. The first-order valence-electron chi connectivity index (χ1n) is 3.11. The minimum absolute atomic E-state index is 0.604. The van der Waals surface area contributed by atoms with E-state index in [0.717, 1.165) is 6.26 Å². The van der Waals surface area contributed by atoms with E-state index in [1.807, 2.05) is 6.08 Å². The second kappa shape index (κ2) is 3.21. The average molecular weight is 178 g/mol. The molecule has 0 aromatic heterocycles. The van der Waals surface area contributed by atoms with Gasteiger partial charge in [-0.25, -0.2) is 4.18 Å². The summed E-state index contributed by atoms with van der Waals surface area (Å²) in [5, 5.41) is 5.46. The first-order chi connectivity index (χ1) is 5.08. The van der Waals surface area contributed by atoms with E-state index in [2.05, 4.69) is 14.8 Å². The molecule has 1 aliphatic rings. The predicted molar refractivity (Wildman–Crippen MR) is 40.0 cm³/mol. The van der Waals surface area contributed by atoms with Gasteiger partial charge in [-0.2, -0.15) is 8.42 Å². The summed E-state index contributed by atoms with van der Waals surface area (Å²) < 4.78 is 25.7. The highest BCUT2D eigenvalue weighted by molar-refractivity contribution is 7.86. The molecule has 0 fully saturated rings. The quantitative estimate of drug-likeness (QED) is 0.528. The molecule has 5 nitrogen and oxygen atoms in total. The first-order valence-corrected chi connectivity index (χ1v) is 4.92. The lowest BCUT2D eigenvalue weighted by Crippen LogP contribution is -2.45. The van der Waals surface area contributed by atoms with Crippen LogP contribution >= 0.6 is 0 Å². The molecule has 1 rings (SSSR count). The molecule has 0 bridgehead atoms. The Labute approximate surface area is 65.6 Å². The lowest BCUT2D eigenvalue weighted by Gasteiger charge is -2.19. The molecule has 0 spiro atoms. The van der Waals surface area contributed by atoms with E-state index in [-0.39, 0.29) is 0 Å². The second-order valence-corrected chi connectivity index (χ2v) is 3.76. The SMILES string of the molecule is CS(=O)(=O)OC1NC=CCN1. The summed E-state index contributed by atoms with van der Waals surface area (Å²) in [4.78, 5) is 0. The number of hydrogen-bond donors (Lipinski definition) is 2.